The number of aromatic nitrogens is 3. The fourth-order valence-electron chi connectivity index (χ4n) is 3.46. The van der Waals surface area contributed by atoms with Crippen LogP contribution in [0.15, 0.2) is 35.0 Å². The number of nitrogens with two attached hydrogens (primary N) is 1. The second-order valence-corrected chi connectivity index (χ2v) is 6.47. The van der Waals surface area contributed by atoms with E-state index in [-0.39, 0.29) is 6.54 Å². The highest BCUT2D eigenvalue weighted by Gasteiger charge is 2.36. The highest BCUT2D eigenvalue weighted by Crippen LogP contribution is 2.40. The molecule has 0 aliphatic carbocycles. The highest BCUT2D eigenvalue weighted by molar-refractivity contribution is 5.95. The largest absolute Gasteiger partial charge is 0.492 e. The summed E-state index contributed by atoms with van der Waals surface area (Å²) in [7, 11) is 0. The lowest BCUT2D eigenvalue weighted by Gasteiger charge is -2.15. The smallest absolute Gasteiger partial charge is 0.415 e. The van der Waals surface area contributed by atoms with Crippen LogP contribution in [0.1, 0.15) is 5.56 Å². The zero-order valence-corrected chi connectivity index (χ0v) is 14.5. The van der Waals surface area contributed by atoms with Gasteiger partial charge in [0.25, 0.3) is 5.91 Å². The van der Waals surface area contributed by atoms with Gasteiger partial charge in [0, 0.05) is 29.7 Å². The summed E-state index contributed by atoms with van der Waals surface area (Å²) in [6, 6.07) is 7.07. The summed E-state index contributed by atoms with van der Waals surface area (Å²) in [4.78, 5) is 24.7. The Morgan fingerprint density at radius 2 is 2.21 bits per heavy atom. The third-order valence-corrected chi connectivity index (χ3v) is 4.82. The summed E-state index contributed by atoms with van der Waals surface area (Å²) in [6.45, 7) is 0.495. The summed E-state index contributed by atoms with van der Waals surface area (Å²) in [5, 5.41) is 11.2. The molecule has 2 aliphatic heterocycles. The number of nitrogens with zero attached hydrogens (tertiary/aromatic N) is 3. The molecule has 1 atom stereocenters. The van der Waals surface area contributed by atoms with Crippen LogP contribution in [0, 0.1) is 0 Å². The number of primary amides is 1. The molecule has 1 fully saturated rings. The molecular weight excluding hydrogens is 366 g/mol. The van der Waals surface area contributed by atoms with Crippen LogP contribution >= 0.6 is 0 Å². The number of hydrogen-bond donors (Lipinski definition) is 2. The van der Waals surface area contributed by atoms with Crippen LogP contribution in [0.5, 0.6) is 5.75 Å². The molecule has 10 nitrogen and oxygen atoms in total. The molecule has 2 aromatic heterocycles. The van der Waals surface area contributed by atoms with Gasteiger partial charge < -0.3 is 19.7 Å². The number of nitrogens with one attached hydrogen (secondary N) is 1. The number of fused-ring (bicyclic) bond motifs is 3. The summed E-state index contributed by atoms with van der Waals surface area (Å²) in [5.74, 6) is 0.510. The fourth-order valence-corrected chi connectivity index (χ4v) is 3.46. The molecule has 0 bridgehead atoms. The molecular formula is C18H15N5O5. The van der Waals surface area contributed by atoms with Crippen molar-refractivity contribution in [1.29, 1.82) is 0 Å². The van der Waals surface area contributed by atoms with E-state index in [1.165, 1.54) is 4.90 Å². The number of anilines is 1. The van der Waals surface area contributed by atoms with Gasteiger partial charge in [-0.3, -0.25) is 14.8 Å². The highest BCUT2D eigenvalue weighted by atomic mass is 16.6. The molecule has 4 heterocycles. The van der Waals surface area contributed by atoms with E-state index in [4.69, 9.17) is 19.7 Å². The molecule has 2 aliphatic rings. The first-order chi connectivity index (χ1) is 13.6. The third-order valence-electron chi connectivity index (χ3n) is 4.82. The van der Waals surface area contributed by atoms with Gasteiger partial charge in [-0.05, 0) is 12.1 Å². The van der Waals surface area contributed by atoms with Crippen molar-refractivity contribution < 1.29 is 23.6 Å². The molecule has 1 aromatic carbocycles. The van der Waals surface area contributed by atoms with Gasteiger partial charge in [0.15, 0.2) is 11.9 Å². The minimum absolute atomic E-state index is 0.0657. The molecule has 142 valence electrons. The molecule has 0 radical (unpaired) electrons. The third kappa shape index (κ3) is 2.49. The minimum Gasteiger partial charge on any atom is -0.492 e. The van der Waals surface area contributed by atoms with Gasteiger partial charge in [0.1, 0.15) is 11.4 Å². The van der Waals surface area contributed by atoms with Crippen LogP contribution in [-0.4, -0.2) is 46.6 Å². The van der Waals surface area contributed by atoms with E-state index in [1.807, 2.05) is 6.07 Å². The Morgan fingerprint density at radius 3 is 2.96 bits per heavy atom. The van der Waals surface area contributed by atoms with Crippen molar-refractivity contribution in [1.82, 2.24) is 15.4 Å². The maximum atomic E-state index is 12.1. The number of aromatic amines is 1. The Bertz CT molecular complexity index is 1070. The average Bonchev–Trinajstić information content (AvgIpc) is 3.39. The molecule has 2 amide bonds. The first-order valence-corrected chi connectivity index (χ1v) is 8.65. The number of carbonyl (C=O) groups is 2. The molecule has 10 heteroatoms. The number of H-pyrrole nitrogens is 1. The van der Waals surface area contributed by atoms with E-state index in [1.54, 1.807) is 24.4 Å². The van der Waals surface area contributed by atoms with Gasteiger partial charge in [-0.2, -0.15) is 5.10 Å². The van der Waals surface area contributed by atoms with E-state index < -0.39 is 18.1 Å². The molecule has 0 spiro atoms. The molecule has 3 N–H and O–H groups in total. The number of amides is 2. The zero-order chi connectivity index (χ0) is 19.3. The Kier molecular flexibility index (Phi) is 3.57. The maximum Gasteiger partial charge on any atom is 0.415 e. The van der Waals surface area contributed by atoms with E-state index in [0.717, 1.165) is 22.5 Å². The van der Waals surface area contributed by atoms with E-state index >= 15 is 0 Å². The van der Waals surface area contributed by atoms with Crippen molar-refractivity contribution in [3.05, 3.63) is 36.0 Å². The second kappa shape index (κ2) is 6.12. The van der Waals surface area contributed by atoms with Crippen LogP contribution in [0.4, 0.5) is 10.5 Å². The number of ether oxygens (including phenoxy) is 2. The molecule has 0 unspecified atom stereocenters. The van der Waals surface area contributed by atoms with Crippen molar-refractivity contribution in [2.24, 2.45) is 5.73 Å². The van der Waals surface area contributed by atoms with Crippen LogP contribution < -0.4 is 15.4 Å². The topological polar surface area (TPSA) is 137 Å². The van der Waals surface area contributed by atoms with Crippen LogP contribution in [-0.2, 0) is 16.0 Å². The predicted octanol–water partition coefficient (Wildman–Crippen LogP) is 1.48. The predicted molar refractivity (Wildman–Crippen MR) is 95.5 cm³/mol. The summed E-state index contributed by atoms with van der Waals surface area (Å²) in [6.07, 6.45) is 0.617. The Morgan fingerprint density at radius 1 is 1.32 bits per heavy atom. The number of hydrogen-bond acceptors (Lipinski definition) is 7. The number of benzene rings is 1. The maximum absolute atomic E-state index is 12.1. The van der Waals surface area contributed by atoms with Gasteiger partial charge in [-0.15, -0.1) is 0 Å². The Balaban J connectivity index is 1.52. The average molecular weight is 381 g/mol. The van der Waals surface area contributed by atoms with Crippen LogP contribution in [0.25, 0.3) is 22.7 Å². The van der Waals surface area contributed by atoms with Gasteiger partial charge in [-0.25, -0.2) is 4.79 Å². The van der Waals surface area contributed by atoms with Gasteiger partial charge >= 0.3 is 6.09 Å². The summed E-state index contributed by atoms with van der Waals surface area (Å²) in [5.41, 5.74) is 9.07. The van der Waals surface area contributed by atoms with Crippen LogP contribution in [0.2, 0.25) is 0 Å². The normalized spacial score (nSPS) is 18.1. The van der Waals surface area contributed by atoms with E-state index in [9.17, 15) is 9.59 Å². The zero-order valence-electron chi connectivity index (χ0n) is 14.5. The molecule has 28 heavy (non-hydrogen) atoms. The van der Waals surface area contributed by atoms with Crippen molar-refractivity contribution in [3.8, 4) is 28.5 Å². The Hall–Kier alpha value is -3.82. The number of rotatable bonds is 3. The number of cyclic esters (lactones) is 1. The standard InChI is InChI=1S/C18H15N5O5/c19-17(24)14-8-23(18(25)27-14)9-1-2-10-13(7-9)26-6-4-11-15(10)21-22-16(11)12-3-5-20-28-12/h1-3,5,7,14H,4,6,8H2,(H2,19,24)(H,21,22)/t14-/m1/s1. The molecule has 1 saturated heterocycles. The fraction of sp³-hybridized carbons (Fsp3) is 0.222. The molecule has 3 aromatic rings. The first kappa shape index (κ1) is 16.4. The van der Waals surface area contributed by atoms with E-state index in [2.05, 4.69) is 15.4 Å². The molecule has 5 rings (SSSR count). The van der Waals surface area contributed by atoms with Gasteiger partial charge in [0.2, 0.25) is 0 Å². The van der Waals surface area contributed by atoms with Gasteiger partial charge in [-0.1, -0.05) is 5.16 Å². The van der Waals surface area contributed by atoms with Crippen molar-refractivity contribution in [2.75, 3.05) is 18.1 Å². The van der Waals surface area contributed by atoms with Crippen molar-refractivity contribution >= 4 is 17.7 Å². The summed E-state index contributed by atoms with van der Waals surface area (Å²) >= 11 is 0. The lowest BCUT2D eigenvalue weighted by atomic mass is 10.0. The minimum atomic E-state index is -0.963. The number of carbonyl (C=O) groups excluding carboxylic acids is 2. The van der Waals surface area contributed by atoms with E-state index in [0.29, 0.717) is 30.2 Å². The Labute approximate surface area is 158 Å². The molecule has 0 saturated carbocycles. The summed E-state index contributed by atoms with van der Waals surface area (Å²) < 4.78 is 16.1. The SMILES string of the molecule is NC(=O)[C@H]1CN(c2ccc3c(c2)OCCc2c-3n[nH]c2-c2ccno2)C(=O)O1. The monoisotopic (exact) mass is 381 g/mol. The quantitative estimate of drug-likeness (QED) is 0.701. The van der Waals surface area contributed by atoms with Crippen LogP contribution in [0.3, 0.4) is 0 Å². The lowest BCUT2D eigenvalue weighted by molar-refractivity contribution is -0.124. The lowest BCUT2D eigenvalue weighted by Crippen LogP contribution is -2.32. The van der Waals surface area contributed by atoms with Gasteiger partial charge in [0.05, 0.1) is 30.7 Å². The van der Waals surface area contributed by atoms with Crippen molar-refractivity contribution in [2.45, 2.75) is 12.5 Å². The first-order valence-electron chi connectivity index (χ1n) is 8.65. The second-order valence-electron chi connectivity index (χ2n) is 6.47. The van der Waals surface area contributed by atoms with Crippen molar-refractivity contribution in [3.63, 3.8) is 0 Å².